The number of rotatable bonds is 2. The van der Waals surface area contributed by atoms with E-state index in [1.54, 1.807) is 13.0 Å². The van der Waals surface area contributed by atoms with Crippen molar-refractivity contribution < 1.29 is 30.3 Å². The highest BCUT2D eigenvalue weighted by molar-refractivity contribution is 5.92. The van der Waals surface area contributed by atoms with Crippen LogP contribution in [-0.2, 0) is 16.8 Å². The highest BCUT2D eigenvalue weighted by Gasteiger charge is 2.70. The minimum atomic E-state index is -1.77. The predicted molar refractivity (Wildman–Crippen MR) is 97.0 cm³/mol. The van der Waals surface area contributed by atoms with Gasteiger partial charge in [0.25, 0.3) is 0 Å². The lowest BCUT2D eigenvalue weighted by molar-refractivity contribution is -0.203. The van der Waals surface area contributed by atoms with Gasteiger partial charge in [-0.05, 0) is 55.7 Å². The van der Waals surface area contributed by atoms with E-state index in [0.717, 1.165) is 11.1 Å². The summed E-state index contributed by atoms with van der Waals surface area (Å²) in [5.74, 6) is -1.13. The van der Waals surface area contributed by atoms with Gasteiger partial charge in [-0.15, -0.1) is 0 Å². The Morgan fingerprint density at radius 3 is 2.59 bits per heavy atom. The summed E-state index contributed by atoms with van der Waals surface area (Å²) in [5, 5.41) is 53.1. The molecule has 6 atom stereocenters. The molecule has 0 aromatic heterocycles. The Morgan fingerprint density at radius 1 is 1.22 bits per heavy atom. The van der Waals surface area contributed by atoms with E-state index in [9.17, 15) is 30.3 Å². The second-order valence-corrected chi connectivity index (χ2v) is 8.95. The second-order valence-electron chi connectivity index (χ2n) is 8.95. The first-order valence-corrected chi connectivity index (χ1v) is 9.70. The minimum Gasteiger partial charge on any atom is -0.508 e. The summed E-state index contributed by atoms with van der Waals surface area (Å²) in [7, 11) is 0. The average molecular weight is 376 g/mol. The van der Waals surface area contributed by atoms with E-state index in [1.807, 2.05) is 6.92 Å². The number of aliphatic hydroxyl groups excluding tert-OH is 2. The summed E-state index contributed by atoms with van der Waals surface area (Å²) >= 11 is 0. The fourth-order valence-corrected chi connectivity index (χ4v) is 6.42. The van der Waals surface area contributed by atoms with Gasteiger partial charge in [0.1, 0.15) is 11.9 Å². The molecule has 3 aliphatic carbocycles. The maximum Gasteiger partial charge on any atom is 0.170 e. The van der Waals surface area contributed by atoms with Crippen LogP contribution in [0, 0.1) is 24.2 Å². The second kappa shape index (κ2) is 5.77. The molecule has 2 saturated carbocycles. The number of hydrogen-bond donors (Lipinski definition) is 5. The molecule has 0 heterocycles. The van der Waals surface area contributed by atoms with Crippen LogP contribution >= 0.6 is 0 Å². The van der Waals surface area contributed by atoms with Gasteiger partial charge in [0, 0.05) is 23.3 Å². The molecule has 1 aromatic rings. The minimum absolute atomic E-state index is 0.0663. The van der Waals surface area contributed by atoms with Crippen molar-refractivity contribution in [3.8, 4) is 5.75 Å². The number of carbonyl (C=O) groups is 1. The van der Waals surface area contributed by atoms with Crippen LogP contribution in [0.15, 0.2) is 12.1 Å². The molecule has 1 aromatic carbocycles. The lowest BCUT2D eigenvalue weighted by Gasteiger charge is -2.56. The van der Waals surface area contributed by atoms with E-state index >= 15 is 0 Å². The SMILES string of the molecule is Cc1ccc(O)c2c1CCC1C3CC[C@](O)(C(O)CO)[C@@]3(C)CC(=O)[C@@]21O. The van der Waals surface area contributed by atoms with Gasteiger partial charge in [-0.25, -0.2) is 0 Å². The molecule has 0 radical (unpaired) electrons. The van der Waals surface area contributed by atoms with Gasteiger partial charge in [0.15, 0.2) is 11.4 Å². The Bertz CT molecular complexity index is 806. The largest absolute Gasteiger partial charge is 0.508 e. The summed E-state index contributed by atoms with van der Waals surface area (Å²) in [5.41, 5.74) is -2.19. The molecule has 5 N–H and O–H groups in total. The summed E-state index contributed by atoms with van der Waals surface area (Å²) in [6, 6.07) is 3.32. The standard InChI is InChI=1S/C21H28O6/c1-11-3-6-15(23)18-12(11)4-5-14-13-7-8-20(26,17(25)10-22)19(13,2)9-16(24)21(14,18)27/h3,6,13-14,17,22-23,25-27H,4-5,7-10H2,1-2H3/t13?,14?,17?,19-,20-,21+/m0/s1. The highest BCUT2D eigenvalue weighted by Crippen LogP contribution is 2.65. The third-order valence-corrected chi connectivity index (χ3v) is 7.95. The maximum atomic E-state index is 13.3. The number of phenols is 1. The number of aliphatic hydroxyl groups is 4. The summed E-state index contributed by atoms with van der Waals surface area (Å²) in [6.07, 6.45) is 0.590. The highest BCUT2D eigenvalue weighted by atomic mass is 16.4. The van der Waals surface area contributed by atoms with Crippen molar-refractivity contribution in [2.24, 2.45) is 17.3 Å². The molecular formula is C21H28O6. The molecular weight excluding hydrogens is 348 g/mol. The van der Waals surface area contributed by atoms with Crippen molar-refractivity contribution in [3.63, 3.8) is 0 Å². The average Bonchev–Trinajstić information content (AvgIpc) is 2.89. The van der Waals surface area contributed by atoms with Crippen molar-refractivity contribution in [1.82, 2.24) is 0 Å². The van der Waals surface area contributed by atoms with Crippen LogP contribution in [-0.4, -0.2) is 49.6 Å². The lowest BCUT2D eigenvalue weighted by Crippen LogP contribution is -2.64. The molecule has 27 heavy (non-hydrogen) atoms. The fraction of sp³-hybridized carbons (Fsp3) is 0.667. The van der Waals surface area contributed by atoms with E-state index in [2.05, 4.69) is 0 Å². The zero-order valence-electron chi connectivity index (χ0n) is 15.8. The van der Waals surface area contributed by atoms with Crippen LogP contribution in [0.5, 0.6) is 5.75 Å². The van der Waals surface area contributed by atoms with Crippen LogP contribution in [0.25, 0.3) is 0 Å². The van der Waals surface area contributed by atoms with Gasteiger partial charge < -0.3 is 25.5 Å². The number of carbonyl (C=O) groups excluding carboxylic acids is 1. The Morgan fingerprint density at radius 2 is 1.93 bits per heavy atom. The quantitative estimate of drug-likeness (QED) is 0.524. The van der Waals surface area contributed by atoms with Gasteiger partial charge in [-0.3, -0.25) is 4.79 Å². The number of benzene rings is 1. The molecule has 6 heteroatoms. The van der Waals surface area contributed by atoms with Crippen LogP contribution < -0.4 is 0 Å². The molecule has 6 nitrogen and oxygen atoms in total. The molecule has 0 spiro atoms. The fourth-order valence-electron chi connectivity index (χ4n) is 6.42. The number of aromatic hydroxyl groups is 1. The predicted octanol–water partition coefficient (Wildman–Crippen LogP) is 0.924. The van der Waals surface area contributed by atoms with Gasteiger partial charge >= 0.3 is 0 Å². The summed E-state index contributed by atoms with van der Waals surface area (Å²) in [6.45, 7) is 3.11. The van der Waals surface area contributed by atoms with E-state index in [0.29, 0.717) is 24.8 Å². The van der Waals surface area contributed by atoms with Crippen molar-refractivity contribution in [2.45, 2.75) is 63.3 Å². The molecule has 0 saturated heterocycles. The molecule has 0 bridgehead atoms. The first kappa shape index (κ1) is 18.9. The van der Waals surface area contributed by atoms with Crippen LogP contribution in [0.2, 0.25) is 0 Å². The Labute approximate surface area is 158 Å². The number of Topliss-reactive ketones (excluding diaryl/α,β-unsaturated/α-hetero) is 1. The van der Waals surface area contributed by atoms with E-state index in [-0.39, 0.29) is 24.5 Å². The zero-order valence-corrected chi connectivity index (χ0v) is 15.8. The number of phenolic OH excluding ortho intramolecular Hbond substituents is 1. The first-order chi connectivity index (χ1) is 12.6. The Hall–Kier alpha value is -1.47. The van der Waals surface area contributed by atoms with Crippen molar-refractivity contribution >= 4 is 5.78 Å². The third-order valence-electron chi connectivity index (χ3n) is 7.95. The van der Waals surface area contributed by atoms with Gasteiger partial charge in [-0.1, -0.05) is 13.0 Å². The number of hydrogen-bond acceptors (Lipinski definition) is 6. The van der Waals surface area contributed by atoms with Gasteiger partial charge in [-0.2, -0.15) is 0 Å². The van der Waals surface area contributed by atoms with Crippen LogP contribution in [0.1, 0.15) is 49.3 Å². The van der Waals surface area contributed by atoms with E-state index in [4.69, 9.17) is 0 Å². The molecule has 4 rings (SSSR count). The number of fused-ring (bicyclic) bond motifs is 5. The number of ketones is 1. The molecule has 3 aliphatic rings. The van der Waals surface area contributed by atoms with E-state index in [1.165, 1.54) is 6.07 Å². The van der Waals surface area contributed by atoms with Crippen molar-refractivity contribution in [2.75, 3.05) is 6.61 Å². The third kappa shape index (κ3) is 2.13. The van der Waals surface area contributed by atoms with Crippen molar-refractivity contribution in [1.29, 1.82) is 0 Å². The molecule has 0 aliphatic heterocycles. The first-order valence-electron chi connectivity index (χ1n) is 9.70. The number of aryl methyl sites for hydroxylation is 1. The summed E-state index contributed by atoms with van der Waals surface area (Å²) in [4.78, 5) is 13.3. The van der Waals surface area contributed by atoms with Gasteiger partial charge in [0.2, 0.25) is 0 Å². The zero-order chi connectivity index (χ0) is 19.8. The molecule has 2 fully saturated rings. The normalized spacial score (nSPS) is 41.6. The molecule has 148 valence electrons. The van der Waals surface area contributed by atoms with Crippen LogP contribution in [0.3, 0.4) is 0 Å². The Balaban J connectivity index is 1.86. The lowest BCUT2D eigenvalue weighted by atomic mass is 9.50. The topological polar surface area (TPSA) is 118 Å². The van der Waals surface area contributed by atoms with Crippen molar-refractivity contribution in [3.05, 3.63) is 28.8 Å². The molecule has 3 unspecified atom stereocenters. The summed E-state index contributed by atoms with van der Waals surface area (Å²) < 4.78 is 0. The van der Waals surface area contributed by atoms with E-state index < -0.39 is 41.0 Å². The smallest absolute Gasteiger partial charge is 0.170 e. The van der Waals surface area contributed by atoms with Gasteiger partial charge in [0.05, 0.1) is 12.2 Å². The maximum absolute atomic E-state index is 13.3. The Kier molecular flexibility index (Phi) is 4.03. The molecule has 0 amide bonds. The monoisotopic (exact) mass is 376 g/mol. The van der Waals surface area contributed by atoms with Crippen LogP contribution in [0.4, 0.5) is 0 Å².